The molecule has 0 heterocycles. The lowest BCUT2D eigenvalue weighted by atomic mass is 10.1. The van der Waals surface area contributed by atoms with Crippen molar-refractivity contribution in [1.82, 2.24) is 0 Å². The lowest BCUT2D eigenvalue weighted by molar-refractivity contribution is -0.151. The van der Waals surface area contributed by atoms with Crippen molar-refractivity contribution in [3.05, 3.63) is 54.6 Å². The SMILES string of the molecule is CCCCOC(=O)[C@H](C)Oc1ccc(-c2ccccc2)cc1. The van der Waals surface area contributed by atoms with Crippen LogP contribution in [0.3, 0.4) is 0 Å². The van der Waals surface area contributed by atoms with Gasteiger partial charge in [0.1, 0.15) is 5.75 Å². The van der Waals surface area contributed by atoms with Crippen LogP contribution in [-0.4, -0.2) is 18.7 Å². The molecule has 2 aromatic rings. The number of ether oxygens (including phenoxy) is 2. The molecular formula is C19H22O3. The molecule has 2 aromatic carbocycles. The fraction of sp³-hybridized carbons (Fsp3) is 0.316. The van der Waals surface area contributed by atoms with Gasteiger partial charge >= 0.3 is 5.97 Å². The van der Waals surface area contributed by atoms with Crippen molar-refractivity contribution in [1.29, 1.82) is 0 Å². The maximum atomic E-state index is 11.8. The van der Waals surface area contributed by atoms with Gasteiger partial charge in [0, 0.05) is 0 Å². The van der Waals surface area contributed by atoms with Crippen LogP contribution in [0.2, 0.25) is 0 Å². The number of carbonyl (C=O) groups is 1. The molecule has 0 saturated carbocycles. The molecule has 0 saturated heterocycles. The zero-order valence-corrected chi connectivity index (χ0v) is 13.1. The third kappa shape index (κ3) is 4.62. The summed E-state index contributed by atoms with van der Waals surface area (Å²) in [6.07, 6.45) is 1.28. The number of rotatable bonds is 7. The van der Waals surface area contributed by atoms with Crippen molar-refractivity contribution in [3.8, 4) is 16.9 Å². The monoisotopic (exact) mass is 298 g/mol. The van der Waals surface area contributed by atoms with Crippen LogP contribution in [0, 0.1) is 0 Å². The fourth-order valence-corrected chi connectivity index (χ4v) is 2.04. The van der Waals surface area contributed by atoms with Gasteiger partial charge < -0.3 is 9.47 Å². The summed E-state index contributed by atoms with van der Waals surface area (Å²) in [5.74, 6) is 0.347. The van der Waals surface area contributed by atoms with Crippen LogP contribution in [0.1, 0.15) is 26.7 Å². The molecule has 0 N–H and O–H groups in total. The number of benzene rings is 2. The van der Waals surface area contributed by atoms with E-state index in [0.717, 1.165) is 24.0 Å². The largest absolute Gasteiger partial charge is 0.479 e. The van der Waals surface area contributed by atoms with E-state index >= 15 is 0 Å². The van der Waals surface area contributed by atoms with Gasteiger partial charge in [-0.3, -0.25) is 0 Å². The van der Waals surface area contributed by atoms with Crippen molar-refractivity contribution in [2.24, 2.45) is 0 Å². The highest BCUT2D eigenvalue weighted by atomic mass is 16.6. The molecule has 116 valence electrons. The van der Waals surface area contributed by atoms with Gasteiger partial charge in [-0.2, -0.15) is 0 Å². The third-order valence-electron chi connectivity index (χ3n) is 3.35. The van der Waals surface area contributed by atoms with Crippen LogP contribution in [0.25, 0.3) is 11.1 Å². The average Bonchev–Trinajstić information content (AvgIpc) is 2.56. The van der Waals surface area contributed by atoms with Crippen LogP contribution < -0.4 is 4.74 Å². The molecule has 0 unspecified atom stereocenters. The Morgan fingerprint density at radius 2 is 1.64 bits per heavy atom. The number of carbonyl (C=O) groups excluding carboxylic acids is 1. The van der Waals surface area contributed by atoms with Gasteiger partial charge in [0.2, 0.25) is 0 Å². The Balaban J connectivity index is 1.92. The highest BCUT2D eigenvalue weighted by Gasteiger charge is 2.15. The van der Waals surface area contributed by atoms with Crippen molar-refractivity contribution in [2.75, 3.05) is 6.61 Å². The van der Waals surface area contributed by atoms with Crippen LogP contribution in [0.15, 0.2) is 54.6 Å². The standard InChI is InChI=1S/C19H22O3/c1-3-4-14-21-19(20)15(2)22-18-12-10-17(11-13-18)16-8-6-5-7-9-16/h5-13,15H,3-4,14H2,1-2H3/t15-/m0/s1. The Morgan fingerprint density at radius 1 is 1.00 bits per heavy atom. The molecule has 0 aliphatic carbocycles. The van der Waals surface area contributed by atoms with Gasteiger partial charge in [0.05, 0.1) is 6.61 Å². The zero-order valence-electron chi connectivity index (χ0n) is 13.1. The van der Waals surface area contributed by atoms with Crippen LogP contribution in [-0.2, 0) is 9.53 Å². The van der Waals surface area contributed by atoms with E-state index in [0.29, 0.717) is 12.4 Å². The van der Waals surface area contributed by atoms with Gasteiger partial charge in [-0.25, -0.2) is 4.79 Å². The molecule has 3 nitrogen and oxygen atoms in total. The minimum atomic E-state index is -0.598. The molecule has 0 bridgehead atoms. The Morgan fingerprint density at radius 3 is 2.27 bits per heavy atom. The van der Waals surface area contributed by atoms with E-state index in [-0.39, 0.29) is 5.97 Å². The Hall–Kier alpha value is -2.29. The smallest absolute Gasteiger partial charge is 0.347 e. The minimum Gasteiger partial charge on any atom is -0.479 e. The number of hydrogen-bond acceptors (Lipinski definition) is 3. The number of unbranched alkanes of at least 4 members (excludes halogenated alkanes) is 1. The predicted molar refractivity (Wildman–Crippen MR) is 87.8 cm³/mol. The molecule has 3 heteroatoms. The molecule has 0 aliphatic rings. The first-order valence-electron chi connectivity index (χ1n) is 7.69. The molecule has 0 aromatic heterocycles. The topological polar surface area (TPSA) is 35.5 Å². The highest BCUT2D eigenvalue weighted by Crippen LogP contribution is 2.22. The highest BCUT2D eigenvalue weighted by molar-refractivity contribution is 5.74. The first-order chi connectivity index (χ1) is 10.7. The fourth-order valence-electron chi connectivity index (χ4n) is 2.04. The Bertz CT molecular complexity index is 575. The van der Waals surface area contributed by atoms with Crippen molar-refractivity contribution >= 4 is 5.97 Å². The van der Waals surface area contributed by atoms with Crippen LogP contribution in [0.4, 0.5) is 0 Å². The predicted octanol–water partition coefficient (Wildman–Crippen LogP) is 4.46. The van der Waals surface area contributed by atoms with Crippen molar-refractivity contribution in [3.63, 3.8) is 0 Å². The molecule has 1 atom stereocenters. The summed E-state index contributed by atoms with van der Waals surface area (Å²) in [5.41, 5.74) is 2.27. The zero-order chi connectivity index (χ0) is 15.8. The normalized spacial score (nSPS) is 11.7. The van der Waals surface area contributed by atoms with Gasteiger partial charge in [0.15, 0.2) is 6.10 Å². The van der Waals surface area contributed by atoms with Gasteiger partial charge in [-0.05, 0) is 36.6 Å². The molecule has 0 radical (unpaired) electrons. The molecule has 0 amide bonds. The summed E-state index contributed by atoms with van der Waals surface area (Å²) in [6.45, 7) is 4.22. The summed E-state index contributed by atoms with van der Waals surface area (Å²) in [4.78, 5) is 11.8. The van der Waals surface area contributed by atoms with Gasteiger partial charge in [-0.1, -0.05) is 55.8 Å². The molecule has 22 heavy (non-hydrogen) atoms. The number of hydrogen-bond donors (Lipinski definition) is 0. The number of esters is 1. The summed E-state index contributed by atoms with van der Waals surface area (Å²) in [5, 5.41) is 0. The second-order valence-corrected chi connectivity index (χ2v) is 5.17. The van der Waals surface area contributed by atoms with E-state index < -0.39 is 6.10 Å². The Kier molecular flexibility index (Phi) is 6.01. The van der Waals surface area contributed by atoms with E-state index in [9.17, 15) is 4.79 Å². The summed E-state index contributed by atoms with van der Waals surface area (Å²) in [6, 6.07) is 17.8. The molecule has 0 aliphatic heterocycles. The quantitative estimate of drug-likeness (QED) is 0.559. The summed E-state index contributed by atoms with van der Waals surface area (Å²) in [7, 11) is 0. The van der Waals surface area contributed by atoms with E-state index in [1.807, 2.05) is 42.5 Å². The summed E-state index contributed by atoms with van der Waals surface area (Å²) < 4.78 is 10.8. The first-order valence-corrected chi connectivity index (χ1v) is 7.69. The van der Waals surface area contributed by atoms with E-state index in [1.54, 1.807) is 6.92 Å². The second-order valence-electron chi connectivity index (χ2n) is 5.17. The molecular weight excluding hydrogens is 276 g/mol. The lowest BCUT2D eigenvalue weighted by Crippen LogP contribution is -2.26. The van der Waals surface area contributed by atoms with Crippen LogP contribution >= 0.6 is 0 Å². The van der Waals surface area contributed by atoms with Crippen molar-refractivity contribution < 1.29 is 14.3 Å². The maximum absolute atomic E-state index is 11.8. The van der Waals surface area contributed by atoms with Gasteiger partial charge in [-0.15, -0.1) is 0 Å². The van der Waals surface area contributed by atoms with Crippen LogP contribution in [0.5, 0.6) is 5.75 Å². The van der Waals surface area contributed by atoms with E-state index in [2.05, 4.69) is 19.1 Å². The molecule has 2 rings (SSSR count). The lowest BCUT2D eigenvalue weighted by Gasteiger charge is -2.14. The third-order valence-corrected chi connectivity index (χ3v) is 3.35. The minimum absolute atomic E-state index is 0.319. The van der Waals surface area contributed by atoms with E-state index in [1.165, 1.54) is 0 Å². The molecule has 0 spiro atoms. The maximum Gasteiger partial charge on any atom is 0.347 e. The first kappa shape index (κ1) is 16.1. The summed E-state index contributed by atoms with van der Waals surface area (Å²) >= 11 is 0. The average molecular weight is 298 g/mol. The molecule has 0 fully saturated rings. The Labute approximate surface area is 131 Å². The van der Waals surface area contributed by atoms with Gasteiger partial charge in [0.25, 0.3) is 0 Å². The second kappa shape index (κ2) is 8.23. The van der Waals surface area contributed by atoms with Crippen molar-refractivity contribution in [2.45, 2.75) is 32.8 Å². The van der Waals surface area contributed by atoms with E-state index in [4.69, 9.17) is 9.47 Å².